The molecule has 2 atom stereocenters. The van der Waals surface area contributed by atoms with Crippen LogP contribution in [0.15, 0.2) is 48.5 Å². The van der Waals surface area contributed by atoms with E-state index in [9.17, 15) is 4.79 Å². The molecule has 1 unspecified atom stereocenters. The van der Waals surface area contributed by atoms with Crippen LogP contribution >= 0.6 is 11.3 Å². The number of fused-ring (bicyclic) bond motifs is 1. The van der Waals surface area contributed by atoms with Gasteiger partial charge in [0.15, 0.2) is 6.54 Å². The quantitative estimate of drug-likeness (QED) is 0.746. The molecule has 5 heteroatoms. The van der Waals surface area contributed by atoms with Crippen molar-refractivity contribution in [3.05, 3.63) is 59.1 Å². The first-order valence-corrected chi connectivity index (χ1v) is 10.0. The normalized spacial score (nSPS) is 20.2. The molecule has 4 nitrogen and oxygen atoms in total. The number of para-hydroxylation sites is 1. The molecular weight excluding hydrogens is 342 g/mol. The molecule has 1 fully saturated rings. The van der Waals surface area contributed by atoms with Crippen molar-refractivity contribution < 1.29 is 9.69 Å². The summed E-state index contributed by atoms with van der Waals surface area (Å²) in [7, 11) is 0. The molecule has 26 heavy (non-hydrogen) atoms. The summed E-state index contributed by atoms with van der Waals surface area (Å²) >= 11 is 1.80. The summed E-state index contributed by atoms with van der Waals surface area (Å²) < 4.78 is 1.26. The predicted molar refractivity (Wildman–Crippen MR) is 107 cm³/mol. The van der Waals surface area contributed by atoms with Crippen LogP contribution in [0, 0.1) is 6.92 Å². The van der Waals surface area contributed by atoms with E-state index in [-0.39, 0.29) is 5.91 Å². The molecule has 1 aromatic heterocycles. The number of nitrogens with one attached hydrogen (secondary N) is 2. The zero-order valence-corrected chi connectivity index (χ0v) is 15.8. The van der Waals surface area contributed by atoms with Gasteiger partial charge in [0.2, 0.25) is 0 Å². The second-order valence-corrected chi connectivity index (χ2v) is 8.22. The number of anilines is 1. The number of hydrogen-bond acceptors (Lipinski definition) is 3. The van der Waals surface area contributed by atoms with Crippen molar-refractivity contribution in [1.29, 1.82) is 0 Å². The predicted octanol–water partition coefficient (Wildman–Crippen LogP) is 3.01. The van der Waals surface area contributed by atoms with Crippen LogP contribution in [-0.4, -0.2) is 30.5 Å². The number of quaternary nitrogens is 1. The second-order valence-electron chi connectivity index (χ2n) is 7.15. The fourth-order valence-corrected chi connectivity index (χ4v) is 4.76. The fraction of sp³-hybridized carbons (Fsp3) is 0.333. The monoisotopic (exact) mass is 366 g/mol. The van der Waals surface area contributed by atoms with Gasteiger partial charge in [-0.05, 0) is 44.0 Å². The van der Waals surface area contributed by atoms with Crippen molar-refractivity contribution >= 4 is 33.1 Å². The van der Waals surface area contributed by atoms with E-state index in [2.05, 4.69) is 23.5 Å². The van der Waals surface area contributed by atoms with Crippen LogP contribution in [0.4, 0.5) is 5.69 Å². The summed E-state index contributed by atoms with van der Waals surface area (Å²) in [5.41, 5.74) is 3.17. The van der Waals surface area contributed by atoms with E-state index in [4.69, 9.17) is 4.98 Å². The van der Waals surface area contributed by atoms with Crippen molar-refractivity contribution in [3.8, 4) is 0 Å². The van der Waals surface area contributed by atoms with Crippen LogP contribution in [0.2, 0.25) is 0 Å². The van der Waals surface area contributed by atoms with Gasteiger partial charge in [-0.15, -0.1) is 11.3 Å². The number of rotatable bonds is 4. The lowest BCUT2D eigenvalue weighted by molar-refractivity contribution is -0.898. The van der Waals surface area contributed by atoms with Gasteiger partial charge in [-0.2, -0.15) is 0 Å². The maximum Gasteiger partial charge on any atom is 0.279 e. The van der Waals surface area contributed by atoms with E-state index in [0.29, 0.717) is 12.5 Å². The summed E-state index contributed by atoms with van der Waals surface area (Å²) in [5, 5.41) is 4.24. The van der Waals surface area contributed by atoms with Crippen molar-refractivity contribution in [3.63, 3.8) is 0 Å². The Kier molecular flexibility index (Phi) is 5.00. The molecule has 0 aliphatic carbocycles. The minimum atomic E-state index is 0.0915. The SMILES string of the molecule is Cc1ccc(NC(=O)C[NH+]2CCC[C@H](c3nc4ccccc4s3)C2)cc1. The van der Waals surface area contributed by atoms with Crippen molar-refractivity contribution in [1.82, 2.24) is 4.98 Å². The van der Waals surface area contributed by atoms with Crippen LogP contribution in [0.1, 0.15) is 29.3 Å². The minimum absolute atomic E-state index is 0.0915. The molecule has 134 valence electrons. The fourth-order valence-electron chi connectivity index (χ4n) is 3.66. The number of nitrogens with zero attached hydrogens (tertiary/aromatic N) is 1. The molecule has 2 N–H and O–H groups in total. The van der Waals surface area contributed by atoms with Crippen LogP contribution < -0.4 is 10.2 Å². The summed E-state index contributed by atoms with van der Waals surface area (Å²) in [6.07, 6.45) is 2.32. The van der Waals surface area contributed by atoms with Gasteiger partial charge in [0, 0.05) is 5.69 Å². The molecule has 3 aromatic rings. The van der Waals surface area contributed by atoms with Crippen LogP contribution in [0.25, 0.3) is 10.2 Å². The Morgan fingerprint density at radius 2 is 2.04 bits per heavy atom. The molecule has 2 heterocycles. The van der Waals surface area contributed by atoms with E-state index in [1.807, 2.05) is 37.3 Å². The van der Waals surface area contributed by atoms with E-state index in [1.54, 1.807) is 11.3 Å². The number of likely N-dealkylation sites (tertiary alicyclic amines) is 1. The Morgan fingerprint density at radius 1 is 1.23 bits per heavy atom. The lowest BCUT2D eigenvalue weighted by Gasteiger charge is -2.28. The average Bonchev–Trinajstić information content (AvgIpc) is 3.08. The van der Waals surface area contributed by atoms with Crippen LogP contribution in [0.5, 0.6) is 0 Å². The first-order chi connectivity index (χ1) is 12.7. The van der Waals surface area contributed by atoms with Gasteiger partial charge in [-0.1, -0.05) is 29.8 Å². The number of thiazole rings is 1. The number of aromatic nitrogens is 1. The van der Waals surface area contributed by atoms with Crippen LogP contribution in [0.3, 0.4) is 0 Å². The number of carbonyl (C=O) groups is 1. The van der Waals surface area contributed by atoms with Gasteiger partial charge < -0.3 is 10.2 Å². The Morgan fingerprint density at radius 3 is 2.85 bits per heavy atom. The van der Waals surface area contributed by atoms with Crippen LogP contribution in [-0.2, 0) is 4.79 Å². The second kappa shape index (κ2) is 7.56. The Labute approximate surface area is 157 Å². The summed E-state index contributed by atoms with van der Waals surface area (Å²) in [6, 6.07) is 16.3. The van der Waals surface area contributed by atoms with E-state index < -0.39 is 0 Å². The zero-order valence-electron chi connectivity index (χ0n) is 15.0. The molecule has 1 saturated heterocycles. The number of hydrogen-bond donors (Lipinski definition) is 2. The number of carbonyl (C=O) groups excluding carboxylic acids is 1. The third-order valence-corrected chi connectivity index (χ3v) is 6.22. The standard InChI is InChI=1S/C21H23N3OS/c1-15-8-10-17(11-9-15)22-20(25)14-24-12-4-5-16(13-24)21-23-18-6-2-3-7-19(18)26-21/h2-3,6-11,16H,4-5,12-14H2,1H3,(H,22,25)/p+1/t16-/m0/s1. The highest BCUT2D eigenvalue weighted by Gasteiger charge is 2.28. The molecule has 2 aromatic carbocycles. The number of piperidine rings is 1. The summed E-state index contributed by atoms with van der Waals surface area (Å²) in [5.74, 6) is 0.553. The Balaban J connectivity index is 1.38. The maximum absolute atomic E-state index is 12.4. The third kappa shape index (κ3) is 3.94. The average molecular weight is 367 g/mol. The van der Waals surface area contributed by atoms with Gasteiger partial charge in [0.1, 0.15) is 5.01 Å². The lowest BCUT2D eigenvalue weighted by Crippen LogP contribution is -3.14. The van der Waals surface area contributed by atoms with Gasteiger partial charge in [0.05, 0.1) is 29.2 Å². The van der Waals surface area contributed by atoms with Crippen molar-refractivity contribution in [2.24, 2.45) is 0 Å². The maximum atomic E-state index is 12.4. The number of amides is 1. The van der Waals surface area contributed by atoms with Crippen molar-refractivity contribution in [2.45, 2.75) is 25.7 Å². The summed E-state index contributed by atoms with van der Waals surface area (Å²) in [6.45, 7) is 4.62. The molecule has 0 bridgehead atoms. The highest BCUT2D eigenvalue weighted by Crippen LogP contribution is 2.30. The Bertz CT molecular complexity index is 870. The summed E-state index contributed by atoms with van der Waals surface area (Å²) in [4.78, 5) is 18.6. The Hall–Kier alpha value is -2.24. The highest BCUT2D eigenvalue weighted by molar-refractivity contribution is 7.18. The van der Waals surface area contributed by atoms with E-state index in [0.717, 1.165) is 30.7 Å². The van der Waals surface area contributed by atoms with Gasteiger partial charge in [0.25, 0.3) is 5.91 Å². The zero-order chi connectivity index (χ0) is 17.9. The van der Waals surface area contributed by atoms with Gasteiger partial charge >= 0.3 is 0 Å². The minimum Gasteiger partial charge on any atom is -0.327 e. The topological polar surface area (TPSA) is 46.4 Å². The van der Waals surface area contributed by atoms with Crippen molar-refractivity contribution in [2.75, 3.05) is 25.0 Å². The smallest absolute Gasteiger partial charge is 0.279 e. The van der Waals surface area contributed by atoms with E-state index in [1.165, 1.54) is 26.6 Å². The molecule has 1 aliphatic heterocycles. The number of benzene rings is 2. The molecule has 0 radical (unpaired) electrons. The first-order valence-electron chi connectivity index (χ1n) is 9.23. The molecule has 0 spiro atoms. The lowest BCUT2D eigenvalue weighted by atomic mass is 9.99. The molecule has 1 amide bonds. The number of aryl methyl sites for hydroxylation is 1. The van der Waals surface area contributed by atoms with E-state index >= 15 is 0 Å². The van der Waals surface area contributed by atoms with Gasteiger partial charge in [-0.3, -0.25) is 4.79 Å². The molecule has 4 rings (SSSR count). The first kappa shape index (κ1) is 17.2. The molecule has 1 aliphatic rings. The largest absolute Gasteiger partial charge is 0.327 e. The highest BCUT2D eigenvalue weighted by atomic mass is 32.1. The van der Waals surface area contributed by atoms with Gasteiger partial charge in [-0.25, -0.2) is 4.98 Å². The molecule has 0 saturated carbocycles. The third-order valence-electron chi connectivity index (χ3n) is 5.02. The molecular formula is C21H24N3OS+.